The molecule has 0 unspecified atom stereocenters. The molecule has 2 aliphatic carbocycles. The molecule has 1 aromatic heterocycles. The summed E-state index contributed by atoms with van der Waals surface area (Å²) < 4.78 is 0. The van der Waals surface area contributed by atoms with Crippen LogP contribution < -0.4 is 5.73 Å². The first kappa shape index (κ1) is 9.46. The van der Waals surface area contributed by atoms with E-state index in [-0.39, 0.29) is 0 Å². The second-order valence-electron chi connectivity index (χ2n) is 5.27. The van der Waals surface area contributed by atoms with Gasteiger partial charge in [-0.1, -0.05) is 0 Å². The number of rotatable bonds is 2. The van der Waals surface area contributed by atoms with E-state index in [4.69, 9.17) is 5.73 Å². The van der Waals surface area contributed by atoms with E-state index >= 15 is 0 Å². The Labute approximate surface area is 91.3 Å². The molecule has 15 heavy (non-hydrogen) atoms. The predicted octanol–water partition coefficient (Wildman–Crippen LogP) is 2.19. The summed E-state index contributed by atoms with van der Waals surface area (Å²) >= 11 is 0. The summed E-state index contributed by atoms with van der Waals surface area (Å²) in [5.41, 5.74) is 12.4. The number of nitrogens with one attached hydrogen (secondary N) is 1. The van der Waals surface area contributed by atoms with Gasteiger partial charge in [0.25, 0.3) is 0 Å². The van der Waals surface area contributed by atoms with Crippen molar-refractivity contribution in [1.29, 1.82) is 0 Å². The molecule has 1 fully saturated rings. The largest absolute Gasteiger partial charge is 0.362 e. The Balaban J connectivity index is 2.10. The third-order valence-electron chi connectivity index (χ3n) is 4.26. The molecule has 82 valence electrons. The second kappa shape index (κ2) is 3.11. The first-order valence-electron chi connectivity index (χ1n) is 6.18. The van der Waals surface area contributed by atoms with Crippen LogP contribution in [0.25, 0.3) is 0 Å². The minimum absolute atomic E-state index is 0.367. The summed E-state index contributed by atoms with van der Waals surface area (Å²) in [5, 5.41) is 0. The van der Waals surface area contributed by atoms with E-state index < -0.39 is 0 Å². The Hall–Kier alpha value is -0.760. The van der Waals surface area contributed by atoms with Gasteiger partial charge in [0, 0.05) is 23.3 Å². The lowest BCUT2D eigenvalue weighted by atomic mass is 9.86. The number of hydrogen-bond acceptors (Lipinski definition) is 1. The highest BCUT2D eigenvalue weighted by atomic mass is 14.8. The van der Waals surface area contributed by atoms with Crippen molar-refractivity contribution < 1.29 is 0 Å². The SMILES string of the molecule is Cc1[nH]c2c(c1C1(CN)CC1)CCCC2. The highest BCUT2D eigenvalue weighted by Crippen LogP contribution is 2.51. The molecule has 1 heterocycles. The normalized spacial score (nSPS) is 22.5. The standard InChI is InChI=1S/C13H20N2/c1-9-12(13(8-14)6-7-13)10-4-2-3-5-11(10)15-9/h15H,2-8,14H2,1H3. The van der Waals surface area contributed by atoms with Crippen molar-refractivity contribution in [2.45, 2.75) is 50.9 Å². The lowest BCUT2D eigenvalue weighted by Gasteiger charge is -2.18. The molecule has 0 saturated heterocycles. The van der Waals surface area contributed by atoms with E-state index in [0.29, 0.717) is 5.41 Å². The summed E-state index contributed by atoms with van der Waals surface area (Å²) in [6, 6.07) is 0. The van der Waals surface area contributed by atoms with Crippen molar-refractivity contribution in [2.24, 2.45) is 5.73 Å². The van der Waals surface area contributed by atoms with Gasteiger partial charge in [-0.25, -0.2) is 0 Å². The number of aromatic nitrogens is 1. The summed E-state index contributed by atoms with van der Waals surface area (Å²) in [4.78, 5) is 3.59. The van der Waals surface area contributed by atoms with Gasteiger partial charge in [-0.05, 0) is 56.6 Å². The predicted molar refractivity (Wildman–Crippen MR) is 62.1 cm³/mol. The molecule has 0 spiro atoms. The molecule has 3 rings (SSSR count). The fourth-order valence-electron chi connectivity index (χ4n) is 3.26. The van der Waals surface area contributed by atoms with E-state index in [0.717, 1.165) is 6.54 Å². The second-order valence-corrected chi connectivity index (χ2v) is 5.27. The van der Waals surface area contributed by atoms with E-state index in [1.54, 1.807) is 11.1 Å². The maximum Gasteiger partial charge on any atom is 0.0184 e. The summed E-state index contributed by atoms with van der Waals surface area (Å²) in [5.74, 6) is 0. The zero-order valence-corrected chi connectivity index (χ0v) is 9.53. The minimum atomic E-state index is 0.367. The molecule has 2 heteroatoms. The summed E-state index contributed by atoms with van der Waals surface area (Å²) in [6.07, 6.45) is 7.83. The molecule has 2 aliphatic rings. The average Bonchev–Trinajstić information content (AvgIpc) is 2.95. The van der Waals surface area contributed by atoms with Gasteiger partial charge in [-0.15, -0.1) is 0 Å². The molecular formula is C13H20N2. The van der Waals surface area contributed by atoms with Crippen LogP contribution >= 0.6 is 0 Å². The van der Waals surface area contributed by atoms with Gasteiger partial charge in [-0.2, -0.15) is 0 Å². The minimum Gasteiger partial charge on any atom is -0.362 e. The molecule has 1 aromatic rings. The topological polar surface area (TPSA) is 41.8 Å². The van der Waals surface area contributed by atoms with Crippen molar-refractivity contribution in [1.82, 2.24) is 4.98 Å². The zero-order chi connectivity index (χ0) is 10.5. The first-order chi connectivity index (χ1) is 7.27. The maximum atomic E-state index is 5.95. The third-order valence-corrected chi connectivity index (χ3v) is 4.26. The molecule has 3 N–H and O–H groups in total. The molecule has 0 aliphatic heterocycles. The molecule has 2 nitrogen and oxygen atoms in total. The number of nitrogens with two attached hydrogens (primary N) is 1. The number of aromatic amines is 1. The van der Waals surface area contributed by atoms with Crippen molar-refractivity contribution in [3.63, 3.8) is 0 Å². The van der Waals surface area contributed by atoms with Crippen LogP contribution in [0.2, 0.25) is 0 Å². The smallest absolute Gasteiger partial charge is 0.0184 e. The number of hydrogen-bond donors (Lipinski definition) is 2. The Morgan fingerprint density at radius 3 is 2.67 bits per heavy atom. The van der Waals surface area contributed by atoms with Crippen LogP contribution in [0.15, 0.2) is 0 Å². The lowest BCUT2D eigenvalue weighted by molar-refractivity contribution is 0.648. The quantitative estimate of drug-likeness (QED) is 0.762. The Morgan fingerprint density at radius 2 is 2.00 bits per heavy atom. The molecular weight excluding hydrogens is 184 g/mol. The third kappa shape index (κ3) is 1.27. The summed E-state index contributed by atoms with van der Waals surface area (Å²) in [7, 11) is 0. The van der Waals surface area contributed by atoms with Crippen molar-refractivity contribution in [2.75, 3.05) is 6.54 Å². The van der Waals surface area contributed by atoms with Crippen LogP contribution in [0.5, 0.6) is 0 Å². The van der Waals surface area contributed by atoms with Gasteiger partial charge in [0.05, 0.1) is 0 Å². The Bertz CT molecular complexity index is 385. The van der Waals surface area contributed by atoms with E-state index in [1.165, 1.54) is 49.9 Å². The lowest BCUT2D eigenvalue weighted by Crippen LogP contribution is -2.22. The van der Waals surface area contributed by atoms with Gasteiger partial charge < -0.3 is 10.7 Å². The van der Waals surface area contributed by atoms with Gasteiger partial charge in [0.1, 0.15) is 0 Å². The summed E-state index contributed by atoms with van der Waals surface area (Å²) in [6.45, 7) is 3.06. The van der Waals surface area contributed by atoms with Crippen LogP contribution in [-0.4, -0.2) is 11.5 Å². The fraction of sp³-hybridized carbons (Fsp3) is 0.692. The average molecular weight is 204 g/mol. The maximum absolute atomic E-state index is 5.95. The van der Waals surface area contributed by atoms with Crippen molar-refractivity contribution >= 4 is 0 Å². The van der Waals surface area contributed by atoms with E-state index in [9.17, 15) is 0 Å². The molecule has 0 bridgehead atoms. The van der Waals surface area contributed by atoms with E-state index in [2.05, 4.69) is 11.9 Å². The van der Waals surface area contributed by atoms with Crippen molar-refractivity contribution in [3.8, 4) is 0 Å². The Kier molecular flexibility index (Phi) is 1.96. The first-order valence-corrected chi connectivity index (χ1v) is 6.18. The van der Waals surface area contributed by atoms with Crippen LogP contribution in [0.3, 0.4) is 0 Å². The molecule has 0 aromatic carbocycles. The van der Waals surface area contributed by atoms with Crippen LogP contribution in [0, 0.1) is 6.92 Å². The fourth-order valence-corrected chi connectivity index (χ4v) is 3.26. The molecule has 1 saturated carbocycles. The number of fused-ring (bicyclic) bond motifs is 1. The molecule has 0 radical (unpaired) electrons. The van der Waals surface area contributed by atoms with Gasteiger partial charge in [-0.3, -0.25) is 0 Å². The van der Waals surface area contributed by atoms with Crippen molar-refractivity contribution in [3.05, 3.63) is 22.5 Å². The van der Waals surface area contributed by atoms with E-state index in [1.807, 2.05) is 0 Å². The van der Waals surface area contributed by atoms with Crippen LogP contribution in [-0.2, 0) is 18.3 Å². The zero-order valence-electron chi connectivity index (χ0n) is 9.53. The van der Waals surface area contributed by atoms with Gasteiger partial charge >= 0.3 is 0 Å². The highest BCUT2D eigenvalue weighted by molar-refractivity contribution is 5.46. The van der Waals surface area contributed by atoms with Gasteiger partial charge in [0.15, 0.2) is 0 Å². The number of H-pyrrole nitrogens is 1. The van der Waals surface area contributed by atoms with Gasteiger partial charge in [0.2, 0.25) is 0 Å². The highest BCUT2D eigenvalue weighted by Gasteiger charge is 2.46. The molecule has 0 atom stereocenters. The monoisotopic (exact) mass is 204 g/mol. The van der Waals surface area contributed by atoms with Crippen LogP contribution in [0.1, 0.15) is 48.2 Å². The van der Waals surface area contributed by atoms with Crippen LogP contribution in [0.4, 0.5) is 0 Å². The number of aryl methyl sites for hydroxylation is 2. The molecule has 0 amide bonds. The Morgan fingerprint density at radius 1 is 1.27 bits per heavy atom.